The first kappa shape index (κ1) is 17.1. The lowest BCUT2D eigenvalue weighted by molar-refractivity contribution is -0.117. The zero-order chi connectivity index (χ0) is 18.8. The highest BCUT2D eigenvalue weighted by atomic mass is 16.2. The van der Waals surface area contributed by atoms with Crippen molar-refractivity contribution >= 4 is 34.4 Å². The predicted octanol–water partition coefficient (Wildman–Crippen LogP) is 2.23. The highest BCUT2D eigenvalue weighted by Gasteiger charge is 2.30. The van der Waals surface area contributed by atoms with Crippen LogP contribution >= 0.6 is 0 Å². The van der Waals surface area contributed by atoms with Gasteiger partial charge in [-0.25, -0.2) is 9.78 Å². The van der Waals surface area contributed by atoms with Gasteiger partial charge in [0.1, 0.15) is 18.0 Å². The Kier molecular flexibility index (Phi) is 4.50. The van der Waals surface area contributed by atoms with Crippen molar-refractivity contribution in [2.75, 3.05) is 25.0 Å². The van der Waals surface area contributed by atoms with Crippen molar-refractivity contribution in [2.45, 2.75) is 19.3 Å². The molecule has 4 rings (SSSR count). The Morgan fingerprint density at radius 1 is 1.41 bits per heavy atom. The van der Waals surface area contributed by atoms with Crippen LogP contribution in [0.15, 0.2) is 24.4 Å². The average molecular weight is 364 g/mol. The number of urea groups is 1. The standard InChI is InChI=1S/C19H20N6O2/c20-6-8-22-19(27)25-9-4-12(5-10-25)15-11-16(24-18(26)13-1-2-13)23-17-14(15)3-7-21-17/h3-4,7,11,13H,1-2,5,8-10H2,(H,22,27)(H2,21,23,24,26). The monoisotopic (exact) mass is 364 g/mol. The van der Waals surface area contributed by atoms with Crippen molar-refractivity contribution in [3.8, 4) is 6.07 Å². The molecular weight excluding hydrogens is 344 g/mol. The lowest BCUT2D eigenvalue weighted by atomic mass is 9.97. The maximum atomic E-state index is 12.1. The zero-order valence-corrected chi connectivity index (χ0v) is 14.8. The van der Waals surface area contributed by atoms with E-state index in [1.807, 2.05) is 30.5 Å². The molecule has 3 amide bonds. The predicted molar refractivity (Wildman–Crippen MR) is 101 cm³/mol. The minimum atomic E-state index is -0.231. The molecule has 138 valence electrons. The quantitative estimate of drug-likeness (QED) is 0.722. The molecule has 3 N–H and O–H groups in total. The van der Waals surface area contributed by atoms with E-state index >= 15 is 0 Å². The number of nitrogens with one attached hydrogen (secondary N) is 3. The van der Waals surface area contributed by atoms with Gasteiger partial charge in [0.2, 0.25) is 5.91 Å². The van der Waals surface area contributed by atoms with Crippen molar-refractivity contribution in [2.24, 2.45) is 5.92 Å². The van der Waals surface area contributed by atoms with E-state index < -0.39 is 0 Å². The third-order valence-electron chi connectivity index (χ3n) is 4.89. The van der Waals surface area contributed by atoms with Crippen molar-refractivity contribution in [3.63, 3.8) is 0 Å². The van der Waals surface area contributed by atoms with Gasteiger partial charge in [-0.05, 0) is 42.5 Å². The van der Waals surface area contributed by atoms with E-state index in [0.717, 1.165) is 35.0 Å². The van der Waals surface area contributed by atoms with Crippen LogP contribution in [-0.2, 0) is 4.79 Å². The summed E-state index contributed by atoms with van der Waals surface area (Å²) in [7, 11) is 0. The number of fused-ring (bicyclic) bond motifs is 1. The number of carbonyl (C=O) groups is 2. The lowest BCUT2D eigenvalue weighted by Gasteiger charge is -2.26. The molecule has 27 heavy (non-hydrogen) atoms. The van der Waals surface area contributed by atoms with Crippen LogP contribution in [0.1, 0.15) is 24.8 Å². The van der Waals surface area contributed by atoms with Crippen LogP contribution in [0.4, 0.5) is 10.6 Å². The molecule has 0 unspecified atom stereocenters. The van der Waals surface area contributed by atoms with Gasteiger partial charge in [0.15, 0.2) is 0 Å². The smallest absolute Gasteiger partial charge is 0.318 e. The molecule has 0 spiro atoms. The summed E-state index contributed by atoms with van der Waals surface area (Å²) in [6, 6.07) is 5.55. The third kappa shape index (κ3) is 3.62. The minimum Gasteiger partial charge on any atom is -0.346 e. The van der Waals surface area contributed by atoms with Crippen LogP contribution in [0.3, 0.4) is 0 Å². The number of pyridine rings is 1. The minimum absolute atomic E-state index is 0.00425. The third-order valence-corrected chi connectivity index (χ3v) is 4.89. The normalized spacial score (nSPS) is 16.6. The summed E-state index contributed by atoms with van der Waals surface area (Å²) in [5, 5.41) is 15.0. The number of amides is 3. The molecule has 0 saturated heterocycles. The summed E-state index contributed by atoms with van der Waals surface area (Å²) < 4.78 is 0. The van der Waals surface area contributed by atoms with E-state index in [9.17, 15) is 9.59 Å². The number of hydrogen-bond donors (Lipinski definition) is 3. The number of hydrogen-bond acceptors (Lipinski definition) is 4. The number of H-pyrrole nitrogens is 1. The summed E-state index contributed by atoms with van der Waals surface area (Å²) in [6.07, 6.45) is 6.43. The van der Waals surface area contributed by atoms with Gasteiger partial charge in [0, 0.05) is 30.6 Å². The van der Waals surface area contributed by atoms with Gasteiger partial charge in [-0.1, -0.05) is 6.08 Å². The topological polar surface area (TPSA) is 114 Å². The van der Waals surface area contributed by atoms with Gasteiger partial charge in [-0.2, -0.15) is 5.26 Å². The number of nitriles is 1. The van der Waals surface area contributed by atoms with Gasteiger partial charge in [0.05, 0.1) is 6.07 Å². The first-order chi connectivity index (χ1) is 13.2. The largest absolute Gasteiger partial charge is 0.346 e. The fraction of sp³-hybridized carbons (Fsp3) is 0.368. The Balaban J connectivity index is 1.56. The Morgan fingerprint density at radius 3 is 2.96 bits per heavy atom. The van der Waals surface area contributed by atoms with E-state index in [1.165, 1.54) is 0 Å². The summed E-state index contributed by atoms with van der Waals surface area (Å²) in [4.78, 5) is 33.4. The molecule has 0 aromatic carbocycles. The molecule has 0 radical (unpaired) electrons. The Labute approximate surface area is 156 Å². The Bertz CT molecular complexity index is 966. The molecular formula is C19H20N6O2. The molecule has 1 aliphatic carbocycles. The van der Waals surface area contributed by atoms with Crippen LogP contribution in [0.5, 0.6) is 0 Å². The first-order valence-electron chi connectivity index (χ1n) is 9.04. The molecule has 0 bridgehead atoms. The molecule has 1 fully saturated rings. The maximum absolute atomic E-state index is 12.1. The molecule has 8 heteroatoms. The highest BCUT2D eigenvalue weighted by Crippen LogP contribution is 2.33. The maximum Gasteiger partial charge on any atom is 0.318 e. The number of rotatable bonds is 4. The van der Waals surface area contributed by atoms with E-state index in [2.05, 4.69) is 20.6 Å². The van der Waals surface area contributed by atoms with Crippen molar-refractivity contribution in [3.05, 3.63) is 30.0 Å². The van der Waals surface area contributed by atoms with Gasteiger partial charge in [-0.3, -0.25) is 4.79 Å². The van der Waals surface area contributed by atoms with Gasteiger partial charge in [0.25, 0.3) is 0 Å². The molecule has 2 aliphatic rings. The van der Waals surface area contributed by atoms with E-state index in [0.29, 0.717) is 25.3 Å². The number of nitrogens with zero attached hydrogens (tertiary/aromatic N) is 3. The molecule has 1 aliphatic heterocycles. The van der Waals surface area contributed by atoms with Crippen molar-refractivity contribution in [1.29, 1.82) is 5.26 Å². The first-order valence-corrected chi connectivity index (χ1v) is 9.04. The number of carbonyl (C=O) groups excluding carboxylic acids is 2. The van der Waals surface area contributed by atoms with Crippen LogP contribution < -0.4 is 10.6 Å². The summed E-state index contributed by atoms with van der Waals surface area (Å²) in [5.41, 5.74) is 2.87. The van der Waals surface area contributed by atoms with Crippen LogP contribution in [-0.4, -0.2) is 46.4 Å². The summed E-state index contributed by atoms with van der Waals surface area (Å²) in [6.45, 7) is 1.05. The van der Waals surface area contributed by atoms with E-state index in [4.69, 9.17) is 5.26 Å². The fourth-order valence-corrected chi connectivity index (χ4v) is 3.27. The van der Waals surface area contributed by atoms with Gasteiger partial charge >= 0.3 is 6.03 Å². The van der Waals surface area contributed by atoms with E-state index in [-0.39, 0.29) is 24.4 Å². The second-order valence-corrected chi connectivity index (χ2v) is 6.80. The van der Waals surface area contributed by atoms with Crippen molar-refractivity contribution < 1.29 is 9.59 Å². The fourth-order valence-electron chi connectivity index (χ4n) is 3.27. The number of aromatic nitrogens is 2. The molecule has 2 aromatic heterocycles. The van der Waals surface area contributed by atoms with Crippen LogP contribution in [0, 0.1) is 17.2 Å². The highest BCUT2D eigenvalue weighted by molar-refractivity contribution is 5.97. The number of anilines is 1. The van der Waals surface area contributed by atoms with Crippen LogP contribution in [0.2, 0.25) is 0 Å². The number of aromatic amines is 1. The lowest BCUT2D eigenvalue weighted by Crippen LogP contribution is -2.42. The average Bonchev–Trinajstić information content (AvgIpc) is 3.44. The SMILES string of the molecule is N#CCNC(=O)N1CC=C(c2cc(NC(=O)C3CC3)nc3[nH]ccc23)CC1. The summed E-state index contributed by atoms with van der Waals surface area (Å²) in [5.74, 6) is 0.688. The Morgan fingerprint density at radius 2 is 2.26 bits per heavy atom. The van der Waals surface area contributed by atoms with Crippen molar-refractivity contribution in [1.82, 2.24) is 20.2 Å². The van der Waals surface area contributed by atoms with Gasteiger partial charge in [-0.15, -0.1) is 0 Å². The molecule has 0 atom stereocenters. The second-order valence-electron chi connectivity index (χ2n) is 6.80. The second kappa shape index (κ2) is 7.11. The summed E-state index contributed by atoms with van der Waals surface area (Å²) >= 11 is 0. The van der Waals surface area contributed by atoms with Crippen LogP contribution in [0.25, 0.3) is 16.6 Å². The Hall–Kier alpha value is -3.34. The molecule has 1 saturated carbocycles. The molecule has 8 nitrogen and oxygen atoms in total. The molecule has 3 heterocycles. The zero-order valence-electron chi connectivity index (χ0n) is 14.8. The van der Waals surface area contributed by atoms with E-state index in [1.54, 1.807) is 4.90 Å². The van der Waals surface area contributed by atoms with Gasteiger partial charge < -0.3 is 20.5 Å². The molecule has 2 aromatic rings.